The quantitative estimate of drug-likeness (QED) is 0.276. The lowest BCUT2D eigenvalue weighted by molar-refractivity contribution is 0.0696. The van der Waals surface area contributed by atoms with Crippen molar-refractivity contribution in [3.8, 4) is 34.5 Å². The summed E-state index contributed by atoms with van der Waals surface area (Å²) in [4.78, 5) is 22.8. The van der Waals surface area contributed by atoms with E-state index in [2.05, 4.69) is 0 Å². The molecule has 0 aliphatic heterocycles. The Hall–Kier alpha value is -3.62. The Morgan fingerprint density at radius 1 is 0.783 bits per heavy atom. The van der Waals surface area contributed by atoms with Crippen molar-refractivity contribution < 1.29 is 45.0 Å². The van der Waals surface area contributed by atoms with Gasteiger partial charge in [-0.2, -0.15) is 0 Å². The van der Waals surface area contributed by atoms with Crippen LogP contribution in [0.2, 0.25) is 0 Å². The third kappa shape index (κ3) is 3.02. The Labute approximate surface area is 127 Å². The van der Waals surface area contributed by atoms with Crippen molar-refractivity contribution in [3.05, 3.63) is 35.4 Å². The van der Waals surface area contributed by atoms with E-state index in [1.165, 1.54) is 0 Å². The van der Waals surface area contributed by atoms with Crippen LogP contribution in [0.1, 0.15) is 20.7 Å². The van der Waals surface area contributed by atoms with Gasteiger partial charge in [0, 0.05) is 12.1 Å². The van der Waals surface area contributed by atoms with Gasteiger partial charge < -0.3 is 35.4 Å². The minimum Gasteiger partial charge on any atom is -0.504 e. The van der Waals surface area contributed by atoms with Crippen molar-refractivity contribution in [1.29, 1.82) is 0 Å². The number of phenolic OH excluding ortho intramolecular Hbond substituents is 5. The van der Waals surface area contributed by atoms with Crippen LogP contribution in [0.25, 0.3) is 0 Å². The van der Waals surface area contributed by atoms with E-state index >= 15 is 0 Å². The third-order valence-electron chi connectivity index (χ3n) is 2.81. The van der Waals surface area contributed by atoms with Crippen LogP contribution in [0, 0.1) is 0 Å². The lowest BCUT2D eigenvalue weighted by atomic mass is 10.1. The summed E-state index contributed by atoms with van der Waals surface area (Å²) in [6.07, 6.45) is 0. The van der Waals surface area contributed by atoms with Crippen molar-refractivity contribution in [2.75, 3.05) is 0 Å². The topological polar surface area (TPSA) is 165 Å². The van der Waals surface area contributed by atoms with E-state index in [1.807, 2.05) is 0 Å². The summed E-state index contributed by atoms with van der Waals surface area (Å²) >= 11 is 0. The molecule has 0 spiro atoms. The van der Waals surface area contributed by atoms with E-state index in [-0.39, 0.29) is 5.75 Å². The molecule has 6 N–H and O–H groups in total. The van der Waals surface area contributed by atoms with E-state index in [0.29, 0.717) is 0 Å². The second-order valence-electron chi connectivity index (χ2n) is 4.40. The smallest absolute Gasteiger partial charge is 0.347 e. The molecule has 0 radical (unpaired) electrons. The van der Waals surface area contributed by atoms with E-state index in [4.69, 9.17) is 9.84 Å². The number of aromatic carboxylic acids is 1. The molecule has 0 fully saturated rings. The molecular formula is C14H10O9. The van der Waals surface area contributed by atoms with E-state index in [1.54, 1.807) is 0 Å². The summed E-state index contributed by atoms with van der Waals surface area (Å²) in [7, 11) is 0. The highest BCUT2D eigenvalue weighted by atomic mass is 16.5. The summed E-state index contributed by atoms with van der Waals surface area (Å²) < 4.78 is 4.75. The largest absolute Gasteiger partial charge is 0.504 e. The molecule has 0 aliphatic carbocycles. The summed E-state index contributed by atoms with van der Waals surface area (Å²) in [5.74, 6) is -7.18. The first kappa shape index (κ1) is 15.8. The molecule has 2 rings (SSSR count). The van der Waals surface area contributed by atoms with Crippen LogP contribution in [-0.2, 0) is 0 Å². The summed E-state index contributed by atoms with van der Waals surface area (Å²) in [6.45, 7) is 0. The minimum absolute atomic E-state index is 0.387. The van der Waals surface area contributed by atoms with Gasteiger partial charge in [-0.1, -0.05) is 0 Å². The number of hydrogen-bond acceptors (Lipinski definition) is 8. The Morgan fingerprint density at radius 3 is 1.83 bits per heavy atom. The number of esters is 1. The predicted molar refractivity (Wildman–Crippen MR) is 73.1 cm³/mol. The van der Waals surface area contributed by atoms with Crippen LogP contribution < -0.4 is 4.74 Å². The number of carbonyl (C=O) groups excluding carboxylic acids is 1. The van der Waals surface area contributed by atoms with Crippen LogP contribution in [0.3, 0.4) is 0 Å². The SMILES string of the molecule is O=C(O)c1cc(O)c(O)c(C(=O)Oc2cc(O)c(O)c(O)c2)c1. The van der Waals surface area contributed by atoms with E-state index in [9.17, 15) is 35.1 Å². The second-order valence-corrected chi connectivity index (χ2v) is 4.40. The fourth-order valence-electron chi connectivity index (χ4n) is 1.70. The first-order valence-electron chi connectivity index (χ1n) is 5.97. The fraction of sp³-hybridized carbons (Fsp3) is 0. The number of benzene rings is 2. The predicted octanol–water partition coefficient (Wildman–Crippen LogP) is 1.13. The monoisotopic (exact) mass is 322 g/mol. The second kappa shape index (κ2) is 5.64. The molecule has 0 amide bonds. The molecule has 120 valence electrons. The van der Waals surface area contributed by atoms with Crippen molar-refractivity contribution >= 4 is 11.9 Å². The van der Waals surface area contributed by atoms with Crippen molar-refractivity contribution in [1.82, 2.24) is 0 Å². The van der Waals surface area contributed by atoms with Crippen LogP contribution in [0.5, 0.6) is 34.5 Å². The van der Waals surface area contributed by atoms with Gasteiger partial charge in [-0.3, -0.25) is 0 Å². The van der Waals surface area contributed by atoms with Gasteiger partial charge in [0.25, 0.3) is 0 Å². The number of ether oxygens (including phenoxy) is 1. The number of carboxylic acid groups (broad SMARTS) is 1. The Bertz CT molecular complexity index is 787. The number of carboxylic acids is 1. The van der Waals surface area contributed by atoms with Crippen molar-refractivity contribution in [3.63, 3.8) is 0 Å². The van der Waals surface area contributed by atoms with Gasteiger partial charge in [0.05, 0.1) is 5.56 Å². The van der Waals surface area contributed by atoms with Gasteiger partial charge >= 0.3 is 11.9 Å². The molecule has 0 unspecified atom stereocenters. The molecule has 9 nitrogen and oxygen atoms in total. The van der Waals surface area contributed by atoms with Crippen molar-refractivity contribution in [2.24, 2.45) is 0 Å². The lowest BCUT2D eigenvalue weighted by Crippen LogP contribution is -2.10. The Morgan fingerprint density at radius 2 is 1.30 bits per heavy atom. The normalized spacial score (nSPS) is 10.3. The van der Waals surface area contributed by atoms with Gasteiger partial charge in [-0.05, 0) is 12.1 Å². The molecule has 0 aliphatic rings. The first-order chi connectivity index (χ1) is 10.7. The Kier molecular flexibility index (Phi) is 3.86. The zero-order valence-electron chi connectivity index (χ0n) is 11.2. The zero-order chi connectivity index (χ0) is 17.3. The van der Waals surface area contributed by atoms with E-state index in [0.717, 1.165) is 24.3 Å². The highest BCUT2D eigenvalue weighted by Crippen LogP contribution is 2.39. The number of hydrogen-bond donors (Lipinski definition) is 6. The third-order valence-corrected chi connectivity index (χ3v) is 2.81. The van der Waals surface area contributed by atoms with Crippen molar-refractivity contribution in [2.45, 2.75) is 0 Å². The van der Waals surface area contributed by atoms with Crippen LogP contribution in [-0.4, -0.2) is 42.6 Å². The maximum absolute atomic E-state index is 12.0. The number of phenols is 5. The molecule has 0 saturated carbocycles. The highest BCUT2D eigenvalue weighted by Gasteiger charge is 2.21. The highest BCUT2D eigenvalue weighted by molar-refractivity contribution is 5.98. The van der Waals surface area contributed by atoms with Crippen LogP contribution in [0.4, 0.5) is 0 Å². The summed E-state index contributed by atoms with van der Waals surface area (Å²) in [6, 6.07) is 3.14. The van der Waals surface area contributed by atoms with Crippen LogP contribution in [0.15, 0.2) is 24.3 Å². The maximum Gasteiger partial charge on any atom is 0.347 e. The van der Waals surface area contributed by atoms with Gasteiger partial charge in [0.1, 0.15) is 11.3 Å². The minimum atomic E-state index is -1.45. The Balaban J connectivity index is 2.40. The average molecular weight is 322 g/mol. The molecule has 2 aromatic rings. The molecular weight excluding hydrogens is 312 g/mol. The zero-order valence-corrected chi connectivity index (χ0v) is 11.2. The number of carbonyl (C=O) groups is 2. The molecule has 23 heavy (non-hydrogen) atoms. The van der Waals surface area contributed by atoms with Crippen LogP contribution >= 0.6 is 0 Å². The summed E-state index contributed by atoms with van der Waals surface area (Å²) in [5, 5.41) is 55.7. The van der Waals surface area contributed by atoms with Gasteiger partial charge in [0.2, 0.25) is 5.75 Å². The maximum atomic E-state index is 12.0. The van der Waals surface area contributed by atoms with E-state index < -0.39 is 51.8 Å². The fourth-order valence-corrected chi connectivity index (χ4v) is 1.70. The van der Waals surface area contributed by atoms with Gasteiger partial charge in [0.15, 0.2) is 23.0 Å². The lowest BCUT2D eigenvalue weighted by Gasteiger charge is -2.09. The number of rotatable bonds is 3. The number of aromatic hydroxyl groups is 5. The molecule has 9 heteroatoms. The molecule has 0 heterocycles. The molecule has 0 saturated heterocycles. The summed E-state index contributed by atoms with van der Waals surface area (Å²) in [5.41, 5.74) is -1.11. The molecule has 0 bridgehead atoms. The first-order valence-corrected chi connectivity index (χ1v) is 5.97. The van der Waals surface area contributed by atoms with Gasteiger partial charge in [-0.15, -0.1) is 0 Å². The van der Waals surface area contributed by atoms with Gasteiger partial charge in [-0.25, -0.2) is 9.59 Å². The molecule has 0 aromatic heterocycles. The molecule has 2 aromatic carbocycles. The standard InChI is InChI=1S/C14H10O9/c15-8-2-5(13(20)21)1-7(11(8)18)14(22)23-6-3-9(16)12(19)10(17)4-6/h1-4,15-19H,(H,20,21). The molecule has 0 atom stereocenters. The average Bonchev–Trinajstić information content (AvgIpc) is 2.46.